The molecule has 96 valence electrons. The lowest BCUT2D eigenvalue weighted by Gasteiger charge is -2.08. The van der Waals surface area contributed by atoms with Gasteiger partial charge in [0, 0.05) is 11.1 Å². The van der Waals surface area contributed by atoms with Crippen molar-refractivity contribution < 1.29 is 14.7 Å². The van der Waals surface area contributed by atoms with E-state index < -0.39 is 11.9 Å². The Morgan fingerprint density at radius 2 is 1.58 bits per heavy atom. The van der Waals surface area contributed by atoms with Crippen LogP contribution in [0.3, 0.4) is 0 Å². The maximum absolute atomic E-state index is 12.2. The first-order valence-corrected chi connectivity index (χ1v) is 6.02. The number of ketones is 1. The lowest BCUT2D eigenvalue weighted by molar-refractivity contribution is -0.138. The van der Waals surface area contributed by atoms with Crippen molar-refractivity contribution in [2.75, 3.05) is 0 Å². The van der Waals surface area contributed by atoms with Crippen LogP contribution < -0.4 is 0 Å². The summed E-state index contributed by atoms with van der Waals surface area (Å²) in [5.41, 5.74) is 1.74. The molecule has 3 heteroatoms. The van der Waals surface area contributed by atoms with Crippen LogP contribution in [0.5, 0.6) is 0 Å². The van der Waals surface area contributed by atoms with E-state index in [9.17, 15) is 9.59 Å². The van der Waals surface area contributed by atoms with E-state index in [0.29, 0.717) is 16.7 Å². The van der Waals surface area contributed by atoms with Crippen LogP contribution >= 0.6 is 0 Å². The van der Waals surface area contributed by atoms with Crippen molar-refractivity contribution in [3.8, 4) is 0 Å². The van der Waals surface area contributed by atoms with E-state index in [4.69, 9.17) is 5.11 Å². The van der Waals surface area contributed by atoms with Gasteiger partial charge in [0.05, 0.1) is 5.92 Å². The quantitative estimate of drug-likeness (QED) is 0.852. The molecule has 0 bridgehead atoms. The summed E-state index contributed by atoms with van der Waals surface area (Å²) in [6, 6.07) is 15.7. The van der Waals surface area contributed by atoms with Crippen LogP contribution in [0.25, 0.3) is 0 Å². The number of carboxylic acid groups (broad SMARTS) is 1. The molecule has 0 aliphatic heterocycles. The van der Waals surface area contributed by atoms with Crippen molar-refractivity contribution in [3.63, 3.8) is 0 Å². The van der Waals surface area contributed by atoms with Gasteiger partial charge < -0.3 is 5.11 Å². The summed E-state index contributed by atoms with van der Waals surface area (Å²) in [6.07, 6.45) is 0. The second-order valence-corrected chi connectivity index (χ2v) is 4.38. The number of carbonyl (C=O) groups excluding carboxylic acids is 1. The Bertz CT molecular complexity index is 602. The average Bonchev–Trinajstić information content (AvgIpc) is 2.46. The molecule has 1 N–H and O–H groups in total. The van der Waals surface area contributed by atoms with E-state index >= 15 is 0 Å². The maximum atomic E-state index is 12.2. The third kappa shape index (κ3) is 2.88. The molecule has 0 saturated heterocycles. The van der Waals surface area contributed by atoms with Gasteiger partial charge >= 0.3 is 5.97 Å². The normalized spacial score (nSPS) is 11.8. The monoisotopic (exact) mass is 253 g/mol. The Labute approximate surface area is 111 Å². The summed E-state index contributed by atoms with van der Waals surface area (Å²) in [5.74, 6) is -1.62. The summed E-state index contributed by atoms with van der Waals surface area (Å²) < 4.78 is 0. The van der Waals surface area contributed by atoms with Gasteiger partial charge in [0.25, 0.3) is 0 Å². The predicted molar refractivity (Wildman–Crippen MR) is 72.4 cm³/mol. The SMILES string of the molecule is [11CH3]C(C(=O)O)c1cccc(C(=O)c2ccccc2)c1. The zero-order chi connectivity index (χ0) is 13.8. The third-order valence-corrected chi connectivity index (χ3v) is 3.06. The predicted octanol–water partition coefficient (Wildman–Crippen LogP) is 3.11. The molecular formula is C16H14O3. The van der Waals surface area contributed by atoms with Gasteiger partial charge in [-0.1, -0.05) is 48.5 Å². The zero-order valence-electron chi connectivity index (χ0n) is 10.5. The first-order chi connectivity index (χ1) is 9.09. The van der Waals surface area contributed by atoms with Crippen LogP contribution in [-0.4, -0.2) is 16.9 Å². The van der Waals surface area contributed by atoms with Crippen molar-refractivity contribution in [2.45, 2.75) is 12.8 Å². The topological polar surface area (TPSA) is 54.4 Å². The molecule has 0 aliphatic rings. The van der Waals surface area contributed by atoms with Crippen LogP contribution in [0.15, 0.2) is 54.6 Å². The Balaban J connectivity index is 2.34. The molecule has 2 aromatic rings. The molecular weight excluding hydrogens is 239 g/mol. The Kier molecular flexibility index (Phi) is 3.76. The molecule has 0 aromatic heterocycles. The molecule has 0 fully saturated rings. The first kappa shape index (κ1) is 13.0. The van der Waals surface area contributed by atoms with Crippen molar-refractivity contribution in [1.82, 2.24) is 0 Å². The minimum Gasteiger partial charge on any atom is -0.481 e. The minimum atomic E-state index is -0.899. The highest BCUT2D eigenvalue weighted by Crippen LogP contribution is 2.18. The van der Waals surface area contributed by atoms with Crippen LogP contribution in [0.1, 0.15) is 34.3 Å². The number of benzene rings is 2. The molecule has 19 heavy (non-hydrogen) atoms. The molecule has 2 rings (SSSR count). The lowest BCUT2D eigenvalue weighted by atomic mass is 9.85. The Morgan fingerprint density at radius 1 is 0.947 bits per heavy atom. The number of hydrogen-bond donors (Lipinski definition) is 1. The van der Waals surface area contributed by atoms with Gasteiger partial charge in [0.1, 0.15) is 0 Å². The molecule has 0 heterocycles. The molecule has 0 spiro atoms. The third-order valence-electron chi connectivity index (χ3n) is 3.06. The zero-order valence-corrected chi connectivity index (χ0v) is 10.5. The smallest absolute Gasteiger partial charge is 0.310 e. The molecule has 0 radical (unpaired) electrons. The largest absolute Gasteiger partial charge is 0.481 e. The molecule has 0 amide bonds. The fraction of sp³-hybridized carbons (Fsp3) is 0.125. The molecule has 2 aromatic carbocycles. The van der Waals surface area contributed by atoms with E-state index in [-0.39, 0.29) is 5.78 Å². The summed E-state index contributed by atoms with van der Waals surface area (Å²) in [6.45, 7) is 1.61. The van der Waals surface area contributed by atoms with Crippen molar-refractivity contribution in [3.05, 3.63) is 71.3 Å². The number of carboxylic acids is 1. The molecule has 3 nitrogen and oxygen atoms in total. The van der Waals surface area contributed by atoms with Gasteiger partial charge in [0.15, 0.2) is 5.78 Å². The highest BCUT2D eigenvalue weighted by atomic mass is 16.4. The molecule has 0 aliphatic carbocycles. The van der Waals surface area contributed by atoms with E-state index in [0.717, 1.165) is 0 Å². The molecule has 0 saturated carbocycles. The average molecular weight is 253 g/mol. The Hall–Kier alpha value is -2.42. The number of carbonyl (C=O) groups is 2. The van der Waals surface area contributed by atoms with Crippen LogP contribution in [-0.2, 0) is 4.79 Å². The number of rotatable bonds is 4. The van der Waals surface area contributed by atoms with Gasteiger partial charge in [-0.3, -0.25) is 9.59 Å². The second kappa shape index (κ2) is 5.48. The van der Waals surface area contributed by atoms with Crippen molar-refractivity contribution in [1.29, 1.82) is 0 Å². The highest BCUT2D eigenvalue weighted by molar-refractivity contribution is 6.09. The maximum Gasteiger partial charge on any atom is 0.310 e. The van der Waals surface area contributed by atoms with E-state index in [1.165, 1.54) is 0 Å². The minimum absolute atomic E-state index is 0.0972. The summed E-state index contributed by atoms with van der Waals surface area (Å²) >= 11 is 0. The van der Waals surface area contributed by atoms with Crippen molar-refractivity contribution >= 4 is 11.8 Å². The summed E-state index contributed by atoms with van der Waals surface area (Å²) in [4.78, 5) is 23.2. The fourth-order valence-corrected chi connectivity index (χ4v) is 1.85. The lowest BCUT2D eigenvalue weighted by Crippen LogP contribution is -2.09. The van der Waals surface area contributed by atoms with E-state index in [1.807, 2.05) is 6.07 Å². The van der Waals surface area contributed by atoms with Crippen LogP contribution in [0, 0.1) is 0 Å². The van der Waals surface area contributed by atoms with Gasteiger partial charge in [-0.2, -0.15) is 0 Å². The molecule has 1 unspecified atom stereocenters. The summed E-state index contributed by atoms with van der Waals surface area (Å²) in [5, 5.41) is 9.00. The first-order valence-electron chi connectivity index (χ1n) is 6.02. The highest BCUT2D eigenvalue weighted by Gasteiger charge is 2.16. The standard InChI is InChI=1S/C16H14O3/c1-11(16(18)19)13-8-5-9-14(10-13)15(17)12-6-3-2-4-7-12/h2-11H,1H3,(H,18,19)/i1-1. The Morgan fingerprint density at radius 3 is 2.21 bits per heavy atom. The van der Waals surface area contributed by atoms with E-state index in [1.54, 1.807) is 55.5 Å². The van der Waals surface area contributed by atoms with Gasteiger partial charge in [-0.15, -0.1) is 0 Å². The van der Waals surface area contributed by atoms with Crippen LogP contribution in [0.4, 0.5) is 0 Å². The number of hydrogen-bond acceptors (Lipinski definition) is 2. The van der Waals surface area contributed by atoms with Gasteiger partial charge in [0.2, 0.25) is 0 Å². The summed E-state index contributed by atoms with van der Waals surface area (Å²) in [7, 11) is 0. The van der Waals surface area contributed by atoms with Gasteiger partial charge in [-0.05, 0) is 18.6 Å². The number of aliphatic carboxylic acids is 1. The second-order valence-electron chi connectivity index (χ2n) is 4.38. The van der Waals surface area contributed by atoms with Crippen molar-refractivity contribution in [2.24, 2.45) is 0 Å². The molecule has 1 atom stereocenters. The van der Waals surface area contributed by atoms with Crippen LogP contribution in [0.2, 0.25) is 0 Å². The fourth-order valence-electron chi connectivity index (χ4n) is 1.85. The van der Waals surface area contributed by atoms with Gasteiger partial charge in [-0.25, -0.2) is 0 Å². The van der Waals surface area contributed by atoms with E-state index in [2.05, 4.69) is 0 Å².